The molecule has 0 aromatic carbocycles. The molecule has 0 bridgehead atoms. The third-order valence-electron chi connectivity index (χ3n) is 1.40. The smallest absolute Gasteiger partial charge is 0.298 e. The second-order valence-corrected chi connectivity index (χ2v) is 2.02. The molecule has 1 aliphatic rings. The van der Waals surface area contributed by atoms with E-state index in [4.69, 9.17) is 5.73 Å². The Labute approximate surface area is 53.5 Å². The average molecular weight is 127 g/mol. The number of ether oxygens (including phenoxy) is 1. The third kappa shape index (κ3) is 1.22. The summed E-state index contributed by atoms with van der Waals surface area (Å²) in [6, 6.07) is 0. The fraction of sp³-hybridized carbons (Fsp3) is 0.500. The molecular weight excluding hydrogens is 118 g/mol. The Balaban J connectivity index is 2.54. The summed E-state index contributed by atoms with van der Waals surface area (Å²) in [5.74, 6) is 0.657. The van der Waals surface area contributed by atoms with Crippen LogP contribution in [0.3, 0.4) is 0 Å². The predicted molar refractivity (Wildman–Crippen MR) is 32.2 cm³/mol. The molecular formula is C6H9NO2. The lowest BCUT2D eigenvalue weighted by molar-refractivity contribution is -0.125. The summed E-state index contributed by atoms with van der Waals surface area (Å²) in [5, 5.41) is 0. The van der Waals surface area contributed by atoms with E-state index >= 15 is 0 Å². The Hall–Kier alpha value is -0.990. The normalized spacial score (nSPS) is 18.2. The van der Waals surface area contributed by atoms with E-state index in [1.165, 1.54) is 0 Å². The molecule has 2 N–H and O–H groups in total. The van der Waals surface area contributed by atoms with Crippen LogP contribution in [0.5, 0.6) is 0 Å². The topological polar surface area (TPSA) is 52.3 Å². The molecule has 0 unspecified atom stereocenters. The van der Waals surface area contributed by atoms with Crippen molar-refractivity contribution in [2.45, 2.75) is 19.3 Å². The highest BCUT2D eigenvalue weighted by Crippen LogP contribution is 2.21. The van der Waals surface area contributed by atoms with Crippen LogP contribution < -0.4 is 5.73 Å². The molecule has 0 fully saturated rings. The second kappa shape index (κ2) is 2.53. The Bertz CT molecular complexity index is 151. The fourth-order valence-electron chi connectivity index (χ4n) is 0.932. The van der Waals surface area contributed by atoms with Crippen molar-refractivity contribution >= 4 is 6.47 Å². The first-order valence-electron chi connectivity index (χ1n) is 2.92. The highest BCUT2D eigenvalue weighted by Gasteiger charge is 2.11. The maximum atomic E-state index is 9.79. The van der Waals surface area contributed by atoms with Crippen LogP contribution in [0.4, 0.5) is 0 Å². The molecule has 9 heavy (non-hydrogen) atoms. The molecule has 0 atom stereocenters. The standard InChI is InChI=1S/C6H9NO2/c7-5-2-1-3-6(5)9-4-8/h4H,1-3,7H2. The molecule has 0 aromatic heterocycles. The molecule has 0 amide bonds. The first-order chi connectivity index (χ1) is 4.34. The molecule has 0 radical (unpaired) electrons. The first kappa shape index (κ1) is 6.13. The van der Waals surface area contributed by atoms with Crippen LogP contribution in [-0.2, 0) is 9.53 Å². The molecule has 0 aliphatic heterocycles. The summed E-state index contributed by atoms with van der Waals surface area (Å²) in [7, 11) is 0. The van der Waals surface area contributed by atoms with Crippen LogP contribution >= 0.6 is 0 Å². The minimum absolute atomic E-state index is 0.424. The van der Waals surface area contributed by atoms with Gasteiger partial charge in [0.05, 0.1) is 0 Å². The monoisotopic (exact) mass is 127 g/mol. The Morgan fingerprint density at radius 1 is 1.56 bits per heavy atom. The van der Waals surface area contributed by atoms with Crippen molar-refractivity contribution in [3.05, 3.63) is 11.5 Å². The molecule has 0 spiro atoms. The zero-order valence-electron chi connectivity index (χ0n) is 5.09. The molecule has 0 heterocycles. The molecule has 3 nitrogen and oxygen atoms in total. The molecule has 0 saturated carbocycles. The highest BCUT2D eigenvalue weighted by atomic mass is 16.5. The van der Waals surface area contributed by atoms with Crippen molar-refractivity contribution in [2.24, 2.45) is 5.73 Å². The third-order valence-corrected chi connectivity index (χ3v) is 1.40. The number of carbonyl (C=O) groups excluding carboxylic acids is 1. The van der Waals surface area contributed by atoms with Gasteiger partial charge in [-0.3, -0.25) is 4.79 Å². The summed E-state index contributed by atoms with van der Waals surface area (Å²) < 4.78 is 4.59. The van der Waals surface area contributed by atoms with Crippen molar-refractivity contribution in [1.82, 2.24) is 0 Å². The zero-order valence-corrected chi connectivity index (χ0v) is 5.09. The number of allylic oxidation sites excluding steroid dienone is 2. The van der Waals surface area contributed by atoms with E-state index in [1.807, 2.05) is 0 Å². The largest absolute Gasteiger partial charge is 0.431 e. The van der Waals surface area contributed by atoms with E-state index in [-0.39, 0.29) is 0 Å². The van der Waals surface area contributed by atoms with E-state index in [0.29, 0.717) is 12.2 Å². The van der Waals surface area contributed by atoms with Crippen LogP contribution in [0, 0.1) is 0 Å². The number of rotatable bonds is 2. The lowest BCUT2D eigenvalue weighted by Crippen LogP contribution is -1.97. The van der Waals surface area contributed by atoms with E-state index in [2.05, 4.69) is 4.74 Å². The second-order valence-electron chi connectivity index (χ2n) is 2.02. The fourth-order valence-corrected chi connectivity index (χ4v) is 0.932. The van der Waals surface area contributed by atoms with Gasteiger partial charge in [0.25, 0.3) is 6.47 Å². The van der Waals surface area contributed by atoms with Gasteiger partial charge in [0.2, 0.25) is 0 Å². The van der Waals surface area contributed by atoms with Crippen molar-refractivity contribution in [3.8, 4) is 0 Å². The lowest BCUT2D eigenvalue weighted by Gasteiger charge is -1.96. The Morgan fingerprint density at radius 3 is 2.78 bits per heavy atom. The first-order valence-corrected chi connectivity index (χ1v) is 2.92. The Morgan fingerprint density at radius 2 is 2.33 bits per heavy atom. The van der Waals surface area contributed by atoms with E-state index in [9.17, 15) is 4.79 Å². The molecule has 50 valence electrons. The summed E-state index contributed by atoms with van der Waals surface area (Å²) in [6.07, 6.45) is 2.68. The molecule has 1 aliphatic carbocycles. The number of hydrogen-bond donors (Lipinski definition) is 1. The van der Waals surface area contributed by atoms with Gasteiger partial charge in [-0.25, -0.2) is 0 Å². The minimum Gasteiger partial charge on any atom is -0.431 e. The van der Waals surface area contributed by atoms with Gasteiger partial charge < -0.3 is 10.5 Å². The molecule has 0 aromatic rings. The van der Waals surface area contributed by atoms with Gasteiger partial charge in [-0.1, -0.05) is 0 Å². The van der Waals surface area contributed by atoms with Crippen molar-refractivity contribution in [3.63, 3.8) is 0 Å². The van der Waals surface area contributed by atoms with Crippen LogP contribution in [0.2, 0.25) is 0 Å². The summed E-state index contributed by atoms with van der Waals surface area (Å²) in [6.45, 7) is 0.424. The summed E-state index contributed by atoms with van der Waals surface area (Å²) >= 11 is 0. The minimum atomic E-state index is 0.424. The zero-order chi connectivity index (χ0) is 6.69. The van der Waals surface area contributed by atoms with Gasteiger partial charge in [-0.05, 0) is 12.8 Å². The maximum absolute atomic E-state index is 9.79. The summed E-state index contributed by atoms with van der Waals surface area (Å²) in [4.78, 5) is 9.79. The molecule has 3 heteroatoms. The Kier molecular flexibility index (Phi) is 1.72. The van der Waals surface area contributed by atoms with Gasteiger partial charge in [0.1, 0.15) is 5.76 Å². The van der Waals surface area contributed by atoms with E-state index < -0.39 is 0 Å². The van der Waals surface area contributed by atoms with Gasteiger partial charge in [0.15, 0.2) is 0 Å². The average Bonchev–Trinajstić information content (AvgIpc) is 2.18. The van der Waals surface area contributed by atoms with Gasteiger partial charge in [-0.15, -0.1) is 0 Å². The maximum Gasteiger partial charge on any atom is 0.298 e. The van der Waals surface area contributed by atoms with Gasteiger partial charge >= 0.3 is 0 Å². The van der Waals surface area contributed by atoms with E-state index in [1.54, 1.807) is 0 Å². The van der Waals surface area contributed by atoms with Gasteiger partial charge in [0, 0.05) is 12.1 Å². The van der Waals surface area contributed by atoms with Gasteiger partial charge in [-0.2, -0.15) is 0 Å². The van der Waals surface area contributed by atoms with Crippen molar-refractivity contribution in [2.75, 3.05) is 0 Å². The lowest BCUT2D eigenvalue weighted by atomic mass is 10.3. The quantitative estimate of drug-likeness (QED) is 0.550. The van der Waals surface area contributed by atoms with Crippen LogP contribution in [0.15, 0.2) is 11.5 Å². The number of hydrogen-bond acceptors (Lipinski definition) is 3. The highest BCUT2D eigenvalue weighted by molar-refractivity contribution is 5.40. The molecule has 0 saturated heterocycles. The van der Waals surface area contributed by atoms with Crippen LogP contribution in [0.1, 0.15) is 19.3 Å². The predicted octanol–water partition coefficient (Wildman–Crippen LogP) is 0.514. The summed E-state index contributed by atoms with van der Waals surface area (Å²) in [5.41, 5.74) is 6.18. The number of carbonyl (C=O) groups is 1. The van der Waals surface area contributed by atoms with E-state index in [0.717, 1.165) is 25.0 Å². The van der Waals surface area contributed by atoms with Crippen LogP contribution in [-0.4, -0.2) is 6.47 Å². The van der Waals surface area contributed by atoms with Crippen molar-refractivity contribution in [1.29, 1.82) is 0 Å². The van der Waals surface area contributed by atoms with Crippen LogP contribution in [0.25, 0.3) is 0 Å². The molecule has 1 rings (SSSR count). The number of nitrogens with two attached hydrogens (primary N) is 1. The van der Waals surface area contributed by atoms with Crippen molar-refractivity contribution < 1.29 is 9.53 Å². The SMILES string of the molecule is NC1=C(OC=O)CCC1.